The predicted octanol–water partition coefficient (Wildman–Crippen LogP) is 7.46. The summed E-state index contributed by atoms with van der Waals surface area (Å²) in [5, 5.41) is 0. The number of H-pyrrole nitrogens is 2. The Balaban J connectivity index is 1.22. The SMILES string of the molecule is COc1ccc(/C=C/c2nc3cc(-c4ccc5nc(/C=C/c6ccc(OC)cc6)[nH]c5c4)ccc3[nH]2)cc1. The number of fused-ring (bicyclic) bond motifs is 2. The average Bonchev–Trinajstić information content (AvgIpc) is 3.58. The molecule has 0 aliphatic heterocycles. The molecule has 0 saturated heterocycles. The van der Waals surface area contributed by atoms with Gasteiger partial charge in [-0.3, -0.25) is 0 Å². The fraction of sp³-hybridized carbons (Fsp3) is 0.0625. The molecular formula is C32H26N4O2. The molecule has 2 aromatic heterocycles. The minimum absolute atomic E-state index is 0.809. The van der Waals surface area contributed by atoms with E-state index in [1.165, 1.54) is 0 Å². The smallest absolute Gasteiger partial charge is 0.131 e. The van der Waals surface area contributed by atoms with Crippen molar-refractivity contribution >= 4 is 46.4 Å². The molecular weight excluding hydrogens is 472 g/mol. The van der Waals surface area contributed by atoms with E-state index in [1.807, 2.05) is 78.9 Å². The normalized spacial score (nSPS) is 11.7. The molecule has 0 atom stereocenters. The third-order valence-corrected chi connectivity index (χ3v) is 6.43. The molecule has 6 aromatic rings. The Morgan fingerprint density at radius 3 is 1.66 bits per heavy atom. The Hall–Kier alpha value is -5.10. The van der Waals surface area contributed by atoms with Gasteiger partial charge in [-0.05, 0) is 82.9 Å². The number of aromatic amines is 2. The van der Waals surface area contributed by atoms with Crippen molar-refractivity contribution in [3.05, 3.63) is 108 Å². The van der Waals surface area contributed by atoms with Crippen LogP contribution in [0.3, 0.4) is 0 Å². The van der Waals surface area contributed by atoms with Gasteiger partial charge in [-0.25, -0.2) is 9.97 Å². The molecule has 6 heteroatoms. The zero-order valence-electron chi connectivity index (χ0n) is 21.1. The van der Waals surface area contributed by atoms with Gasteiger partial charge >= 0.3 is 0 Å². The summed E-state index contributed by atoms with van der Waals surface area (Å²) >= 11 is 0. The van der Waals surface area contributed by atoms with Crippen LogP contribution in [-0.4, -0.2) is 34.2 Å². The first-order chi connectivity index (χ1) is 18.7. The van der Waals surface area contributed by atoms with E-state index in [9.17, 15) is 0 Å². The molecule has 0 spiro atoms. The van der Waals surface area contributed by atoms with Crippen molar-refractivity contribution < 1.29 is 9.47 Å². The fourth-order valence-corrected chi connectivity index (χ4v) is 4.35. The second-order valence-corrected chi connectivity index (χ2v) is 8.92. The molecule has 6 nitrogen and oxygen atoms in total. The Bertz CT molecular complexity index is 1640. The number of benzene rings is 4. The van der Waals surface area contributed by atoms with E-state index in [-0.39, 0.29) is 0 Å². The maximum absolute atomic E-state index is 5.22. The highest BCUT2D eigenvalue weighted by molar-refractivity contribution is 5.88. The van der Waals surface area contributed by atoms with Gasteiger partial charge in [-0.15, -0.1) is 0 Å². The van der Waals surface area contributed by atoms with Crippen LogP contribution in [0.1, 0.15) is 22.8 Å². The van der Waals surface area contributed by atoms with Crippen molar-refractivity contribution in [2.45, 2.75) is 0 Å². The molecule has 0 unspecified atom stereocenters. The monoisotopic (exact) mass is 498 g/mol. The van der Waals surface area contributed by atoms with Gasteiger partial charge in [0.15, 0.2) is 0 Å². The third-order valence-electron chi connectivity index (χ3n) is 6.43. The summed E-state index contributed by atoms with van der Waals surface area (Å²) in [6, 6.07) is 28.4. The van der Waals surface area contributed by atoms with Gasteiger partial charge in [0.2, 0.25) is 0 Å². The lowest BCUT2D eigenvalue weighted by Gasteiger charge is -2.01. The third kappa shape index (κ3) is 4.92. The zero-order chi connectivity index (χ0) is 25.9. The zero-order valence-corrected chi connectivity index (χ0v) is 21.1. The van der Waals surface area contributed by atoms with E-state index in [0.29, 0.717) is 0 Å². The Labute approximate surface area is 220 Å². The molecule has 0 amide bonds. The van der Waals surface area contributed by atoms with Gasteiger partial charge < -0.3 is 19.4 Å². The standard InChI is InChI=1S/C32H26N4O2/c1-37-25-11-3-21(4-12-25)7-17-31-33-27-15-9-23(19-29(27)35-31)24-10-16-28-30(20-24)36-32(34-28)18-8-22-5-13-26(38-2)14-6-22/h3-20H,1-2H3,(H,33,35)(H,34,36)/b17-7+,18-8+. The maximum Gasteiger partial charge on any atom is 0.131 e. The van der Waals surface area contributed by atoms with E-state index in [1.54, 1.807) is 14.2 Å². The Kier molecular flexibility index (Phi) is 6.20. The van der Waals surface area contributed by atoms with Gasteiger partial charge in [-0.2, -0.15) is 0 Å². The lowest BCUT2D eigenvalue weighted by molar-refractivity contribution is 0.414. The first kappa shape index (κ1) is 23.3. The van der Waals surface area contributed by atoms with Gasteiger partial charge in [0, 0.05) is 0 Å². The molecule has 0 bridgehead atoms. The number of imidazole rings is 2. The van der Waals surface area contributed by atoms with Gasteiger partial charge in [0.05, 0.1) is 36.3 Å². The van der Waals surface area contributed by atoms with Crippen LogP contribution in [0.5, 0.6) is 11.5 Å². The summed E-state index contributed by atoms with van der Waals surface area (Å²) < 4.78 is 10.4. The average molecular weight is 499 g/mol. The Morgan fingerprint density at radius 2 is 1.05 bits per heavy atom. The van der Waals surface area contributed by atoms with Crippen molar-refractivity contribution in [1.29, 1.82) is 0 Å². The van der Waals surface area contributed by atoms with Crippen LogP contribution >= 0.6 is 0 Å². The maximum atomic E-state index is 5.22. The number of methoxy groups -OCH3 is 2. The van der Waals surface area contributed by atoms with Crippen LogP contribution in [0.25, 0.3) is 57.5 Å². The fourth-order valence-electron chi connectivity index (χ4n) is 4.35. The number of aromatic nitrogens is 4. The first-order valence-corrected chi connectivity index (χ1v) is 12.3. The van der Waals surface area contributed by atoms with Crippen LogP contribution in [0, 0.1) is 0 Å². The molecule has 38 heavy (non-hydrogen) atoms. The van der Waals surface area contributed by atoms with E-state index >= 15 is 0 Å². The highest BCUT2D eigenvalue weighted by Crippen LogP contribution is 2.27. The molecule has 0 aliphatic rings. The summed E-state index contributed by atoms with van der Waals surface area (Å²) in [5.74, 6) is 3.30. The summed E-state index contributed by atoms with van der Waals surface area (Å²) in [6.07, 6.45) is 8.03. The van der Waals surface area contributed by atoms with Crippen molar-refractivity contribution in [1.82, 2.24) is 19.9 Å². The molecule has 6 rings (SSSR count). The van der Waals surface area contributed by atoms with Crippen molar-refractivity contribution in [3.63, 3.8) is 0 Å². The second kappa shape index (κ2) is 10.1. The molecule has 4 aromatic carbocycles. The Morgan fingerprint density at radius 1 is 0.526 bits per heavy atom. The van der Waals surface area contributed by atoms with Gasteiger partial charge in [-0.1, -0.05) is 48.6 Å². The molecule has 0 fully saturated rings. The topological polar surface area (TPSA) is 75.8 Å². The number of rotatable bonds is 7. The minimum Gasteiger partial charge on any atom is -0.497 e. The highest BCUT2D eigenvalue weighted by atomic mass is 16.5. The van der Waals surface area contributed by atoms with E-state index in [4.69, 9.17) is 19.4 Å². The van der Waals surface area contributed by atoms with Crippen molar-refractivity contribution in [3.8, 4) is 22.6 Å². The number of nitrogens with one attached hydrogen (secondary N) is 2. The number of hydrogen-bond donors (Lipinski definition) is 2. The van der Waals surface area contributed by atoms with Crippen LogP contribution in [0.2, 0.25) is 0 Å². The number of hydrogen-bond acceptors (Lipinski definition) is 4. The summed E-state index contributed by atoms with van der Waals surface area (Å²) in [5.41, 5.74) is 8.20. The lowest BCUT2D eigenvalue weighted by Crippen LogP contribution is -1.81. The van der Waals surface area contributed by atoms with Crippen LogP contribution in [-0.2, 0) is 0 Å². The largest absolute Gasteiger partial charge is 0.497 e. The number of ether oxygens (including phenoxy) is 2. The van der Waals surface area contributed by atoms with E-state index < -0.39 is 0 Å². The number of nitrogens with zero attached hydrogens (tertiary/aromatic N) is 2. The van der Waals surface area contributed by atoms with E-state index in [0.717, 1.165) is 67.5 Å². The summed E-state index contributed by atoms with van der Waals surface area (Å²) in [6.45, 7) is 0. The molecule has 0 saturated carbocycles. The molecule has 0 radical (unpaired) electrons. The summed E-state index contributed by atoms with van der Waals surface area (Å²) in [4.78, 5) is 16.3. The molecule has 2 heterocycles. The van der Waals surface area contributed by atoms with Gasteiger partial charge in [0.1, 0.15) is 23.1 Å². The van der Waals surface area contributed by atoms with Gasteiger partial charge in [0.25, 0.3) is 0 Å². The predicted molar refractivity (Wildman–Crippen MR) is 155 cm³/mol. The van der Waals surface area contributed by atoms with Crippen LogP contribution < -0.4 is 9.47 Å². The minimum atomic E-state index is 0.809. The molecule has 2 N–H and O–H groups in total. The molecule has 186 valence electrons. The van der Waals surface area contributed by atoms with Crippen molar-refractivity contribution in [2.75, 3.05) is 14.2 Å². The lowest BCUT2D eigenvalue weighted by atomic mass is 10.0. The van der Waals surface area contributed by atoms with Crippen LogP contribution in [0.15, 0.2) is 84.9 Å². The molecule has 0 aliphatic carbocycles. The second-order valence-electron chi connectivity index (χ2n) is 8.92. The first-order valence-electron chi connectivity index (χ1n) is 12.3. The van der Waals surface area contributed by atoms with Crippen LogP contribution in [0.4, 0.5) is 0 Å². The summed E-state index contributed by atoms with van der Waals surface area (Å²) in [7, 11) is 3.33. The highest BCUT2D eigenvalue weighted by Gasteiger charge is 2.07. The van der Waals surface area contributed by atoms with Crippen molar-refractivity contribution in [2.24, 2.45) is 0 Å². The van der Waals surface area contributed by atoms with E-state index in [2.05, 4.69) is 40.3 Å². The quantitative estimate of drug-likeness (QED) is 0.239.